The second-order valence-corrected chi connectivity index (χ2v) is 4.44. The van der Waals surface area contributed by atoms with Gasteiger partial charge in [0.05, 0.1) is 0 Å². The predicted molar refractivity (Wildman–Crippen MR) is 70.7 cm³/mol. The first-order valence-electron chi connectivity index (χ1n) is 6.04. The summed E-state index contributed by atoms with van der Waals surface area (Å²) in [5.41, 5.74) is 9.29. The van der Waals surface area contributed by atoms with Crippen molar-refractivity contribution in [2.75, 3.05) is 5.73 Å². The molecule has 0 radical (unpaired) electrons. The van der Waals surface area contributed by atoms with Gasteiger partial charge in [-0.05, 0) is 44.0 Å². The number of aromatic nitrogens is 1. The summed E-state index contributed by atoms with van der Waals surface area (Å²) in [6.07, 6.45) is 2.34. The number of nitrogens with zero attached hydrogens (tertiary/aromatic N) is 1. The zero-order chi connectivity index (χ0) is 11.7. The van der Waals surface area contributed by atoms with Gasteiger partial charge in [-0.2, -0.15) is 0 Å². The maximum absolute atomic E-state index is 5.82. The summed E-state index contributed by atoms with van der Waals surface area (Å²) in [6, 6.07) is 9.00. The van der Waals surface area contributed by atoms with Gasteiger partial charge in [-0.1, -0.05) is 13.8 Å². The number of aryl methyl sites for hydroxylation is 1. The molecule has 0 spiro atoms. The first-order valence-corrected chi connectivity index (χ1v) is 6.04. The molecule has 2 aromatic rings. The number of hydrogen-bond donors (Lipinski definition) is 1. The molecule has 16 heavy (non-hydrogen) atoms. The van der Waals surface area contributed by atoms with Crippen molar-refractivity contribution in [2.45, 2.75) is 39.7 Å². The monoisotopic (exact) mass is 216 g/mol. The van der Waals surface area contributed by atoms with Crippen LogP contribution in [0, 0.1) is 6.92 Å². The van der Waals surface area contributed by atoms with E-state index in [0.717, 1.165) is 5.69 Å². The Morgan fingerprint density at radius 1 is 1.19 bits per heavy atom. The van der Waals surface area contributed by atoms with E-state index in [1.165, 1.54) is 29.4 Å². The van der Waals surface area contributed by atoms with E-state index in [-0.39, 0.29) is 0 Å². The van der Waals surface area contributed by atoms with Crippen LogP contribution in [0.15, 0.2) is 24.3 Å². The fourth-order valence-electron chi connectivity index (χ4n) is 2.53. The Labute approximate surface area is 97.1 Å². The number of anilines is 1. The summed E-state index contributed by atoms with van der Waals surface area (Å²) in [5.74, 6) is 0. The van der Waals surface area contributed by atoms with Crippen molar-refractivity contribution >= 4 is 16.6 Å². The highest BCUT2D eigenvalue weighted by atomic mass is 15.0. The average molecular weight is 216 g/mol. The topological polar surface area (TPSA) is 30.9 Å². The second-order valence-electron chi connectivity index (χ2n) is 4.44. The number of hydrogen-bond acceptors (Lipinski definition) is 1. The van der Waals surface area contributed by atoms with Crippen LogP contribution in [-0.4, -0.2) is 4.57 Å². The van der Waals surface area contributed by atoms with Crippen LogP contribution in [0.1, 0.15) is 38.4 Å². The number of nitrogens with two attached hydrogens (primary N) is 1. The Bertz CT molecular complexity index is 493. The molecule has 2 rings (SSSR count). The quantitative estimate of drug-likeness (QED) is 0.775. The molecule has 0 aliphatic heterocycles. The van der Waals surface area contributed by atoms with Gasteiger partial charge in [0, 0.05) is 28.3 Å². The molecule has 1 aromatic heterocycles. The fraction of sp³-hybridized carbons (Fsp3) is 0.429. The smallest absolute Gasteiger partial charge is 0.0486 e. The van der Waals surface area contributed by atoms with Crippen LogP contribution in [0.3, 0.4) is 0 Å². The molecule has 0 atom stereocenters. The summed E-state index contributed by atoms with van der Waals surface area (Å²) < 4.78 is 2.44. The van der Waals surface area contributed by atoms with E-state index >= 15 is 0 Å². The Kier molecular flexibility index (Phi) is 2.90. The average Bonchev–Trinajstić information content (AvgIpc) is 2.57. The van der Waals surface area contributed by atoms with E-state index in [4.69, 9.17) is 5.73 Å². The van der Waals surface area contributed by atoms with Gasteiger partial charge in [-0.3, -0.25) is 0 Å². The van der Waals surface area contributed by atoms with Crippen LogP contribution in [-0.2, 0) is 0 Å². The van der Waals surface area contributed by atoms with Crippen molar-refractivity contribution in [2.24, 2.45) is 0 Å². The Balaban J connectivity index is 2.64. The van der Waals surface area contributed by atoms with E-state index in [1.54, 1.807) is 0 Å². The van der Waals surface area contributed by atoms with Crippen LogP contribution in [0.2, 0.25) is 0 Å². The zero-order valence-electron chi connectivity index (χ0n) is 10.3. The third-order valence-corrected chi connectivity index (χ3v) is 3.36. The molecular weight excluding hydrogens is 196 g/mol. The molecule has 0 unspecified atom stereocenters. The third kappa shape index (κ3) is 1.69. The Morgan fingerprint density at radius 3 is 2.50 bits per heavy atom. The van der Waals surface area contributed by atoms with Gasteiger partial charge in [0.1, 0.15) is 0 Å². The minimum atomic E-state index is 0.598. The molecule has 0 aliphatic rings. The molecule has 2 heteroatoms. The Morgan fingerprint density at radius 2 is 1.88 bits per heavy atom. The molecule has 1 aromatic carbocycles. The minimum Gasteiger partial charge on any atom is -0.399 e. The molecule has 0 saturated heterocycles. The number of fused-ring (bicyclic) bond motifs is 1. The van der Waals surface area contributed by atoms with Crippen LogP contribution in [0.5, 0.6) is 0 Å². The molecule has 86 valence electrons. The lowest BCUT2D eigenvalue weighted by Crippen LogP contribution is -2.08. The van der Waals surface area contributed by atoms with Gasteiger partial charge in [0.25, 0.3) is 0 Å². The van der Waals surface area contributed by atoms with Gasteiger partial charge in [-0.15, -0.1) is 0 Å². The first-order chi connectivity index (χ1) is 7.67. The van der Waals surface area contributed by atoms with E-state index in [2.05, 4.69) is 43.5 Å². The largest absolute Gasteiger partial charge is 0.399 e. The summed E-state index contributed by atoms with van der Waals surface area (Å²) in [7, 11) is 0. The molecule has 0 bridgehead atoms. The zero-order valence-corrected chi connectivity index (χ0v) is 10.3. The highest BCUT2D eigenvalue weighted by Crippen LogP contribution is 2.28. The summed E-state index contributed by atoms with van der Waals surface area (Å²) in [5, 5.41) is 1.25. The number of benzene rings is 1. The lowest BCUT2D eigenvalue weighted by Gasteiger charge is -2.18. The van der Waals surface area contributed by atoms with Crippen molar-refractivity contribution < 1.29 is 0 Å². The summed E-state index contributed by atoms with van der Waals surface area (Å²) in [4.78, 5) is 0. The molecule has 0 fully saturated rings. The van der Waals surface area contributed by atoms with Crippen molar-refractivity contribution in [3.63, 3.8) is 0 Å². The van der Waals surface area contributed by atoms with Gasteiger partial charge in [-0.25, -0.2) is 0 Å². The van der Waals surface area contributed by atoms with E-state index < -0.39 is 0 Å². The van der Waals surface area contributed by atoms with Gasteiger partial charge < -0.3 is 10.3 Å². The lowest BCUT2D eigenvalue weighted by molar-refractivity contribution is 0.477. The normalized spacial score (nSPS) is 11.5. The van der Waals surface area contributed by atoms with Crippen LogP contribution in [0.4, 0.5) is 5.69 Å². The first kappa shape index (κ1) is 11.1. The van der Waals surface area contributed by atoms with Crippen molar-refractivity contribution in [1.29, 1.82) is 0 Å². The SMILES string of the molecule is CCC(CC)n1c(C)cc2cc(N)ccc21. The highest BCUT2D eigenvalue weighted by Gasteiger charge is 2.12. The maximum Gasteiger partial charge on any atom is 0.0486 e. The Hall–Kier alpha value is -1.44. The van der Waals surface area contributed by atoms with Crippen LogP contribution in [0.25, 0.3) is 10.9 Å². The molecule has 0 saturated carbocycles. The van der Waals surface area contributed by atoms with E-state index in [1.807, 2.05) is 6.07 Å². The van der Waals surface area contributed by atoms with Gasteiger partial charge in [0.15, 0.2) is 0 Å². The predicted octanol–water partition coefficient (Wildman–Crippen LogP) is 3.89. The lowest BCUT2D eigenvalue weighted by atomic mass is 10.1. The van der Waals surface area contributed by atoms with Gasteiger partial charge in [0.2, 0.25) is 0 Å². The standard InChI is InChI=1S/C14H20N2/c1-4-13(5-2)16-10(3)8-11-9-12(15)6-7-14(11)16/h6-9,13H,4-5,15H2,1-3H3. The van der Waals surface area contributed by atoms with Crippen LogP contribution >= 0.6 is 0 Å². The molecule has 0 amide bonds. The summed E-state index contributed by atoms with van der Waals surface area (Å²) in [6.45, 7) is 6.67. The maximum atomic E-state index is 5.82. The van der Waals surface area contributed by atoms with E-state index in [0.29, 0.717) is 6.04 Å². The van der Waals surface area contributed by atoms with Crippen molar-refractivity contribution in [3.8, 4) is 0 Å². The third-order valence-electron chi connectivity index (χ3n) is 3.36. The number of rotatable bonds is 3. The number of nitrogen functional groups attached to an aromatic ring is 1. The highest BCUT2D eigenvalue weighted by molar-refractivity contribution is 5.84. The summed E-state index contributed by atoms with van der Waals surface area (Å²) >= 11 is 0. The molecule has 0 aliphatic carbocycles. The fourth-order valence-corrected chi connectivity index (χ4v) is 2.53. The second kappa shape index (κ2) is 4.20. The minimum absolute atomic E-state index is 0.598. The van der Waals surface area contributed by atoms with Crippen molar-refractivity contribution in [3.05, 3.63) is 30.0 Å². The molecule has 1 heterocycles. The van der Waals surface area contributed by atoms with Crippen LogP contribution < -0.4 is 5.73 Å². The van der Waals surface area contributed by atoms with Gasteiger partial charge >= 0.3 is 0 Å². The molecule has 2 nitrogen and oxygen atoms in total. The van der Waals surface area contributed by atoms with E-state index in [9.17, 15) is 0 Å². The van der Waals surface area contributed by atoms with Crippen molar-refractivity contribution in [1.82, 2.24) is 4.57 Å². The molecule has 2 N–H and O–H groups in total. The molecular formula is C14H20N2.